The highest BCUT2D eigenvalue weighted by Gasteiger charge is 2.28. The lowest BCUT2D eigenvalue weighted by molar-refractivity contribution is -0.122. The molecule has 0 spiro atoms. The molecule has 3 rings (SSSR count). The van der Waals surface area contributed by atoms with Gasteiger partial charge in [0.15, 0.2) is 6.10 Å². The van der Waals surface area contributed by atoms with Crippen molar-refractivity contribution in [1.82, 2.24) is 5.32 Å². The third-order valence-corrected chi connectivity index (χ3v) is 3.67. The van der Waals surface area contributed by atoms with Crippen molar-refractivity contribution in [2.45, 2.75) is 19.4 Å². The number of rotatable bonds is 4. The molecular weight excluding hydrogens is 292 g/mol. The van der Waals surface area contributed by atoms with Crippen LogP contribution in [0.1, 0.15) is 22.8 Å². The van der Waals surface area contributed by atoms with E-state index in [1.54, 1.807) is 24.3 Å². The van der Waals surface area contributed by atoms with Crippen LogP contribution in [-0.2, 0) is 11.2 Å². The summed E-state index contributed by atoms with van der Waals surface area (Å²) >= 11 is 0. The first-order valence-corrected chi connectivity index (χ1v) is 7.61. The number of hydrogen-bond acceptors (Lipinski definition) is 3. The number of anilines is 1. The van der Waals surface area contributed by atoms with Crippen molar-refractivity contribution >= 4 is 17.5 Å². The lowest BCUT2D eigenvalue weighted by atomic mass is 10.1. The maximum absolute atomic E-state index is 12.4. The molecule has 1 heterocycles. The zero-order chi connectivity index (χ0) is 16.2. The fourth-order valence-electron chi connectivity index (χ4n) is 2.55. The second-order valence-corrected chi connectivity index (χ2v) is 5.35. The van der Waals surface area contributed by atoms with E-state index < -0.39 is 6.10 Å². The number of para-hydroxylation sites is 1. The fraction of sp³-hybridized carbons (Fsp3) is 0.222. The van der Waals surface area contributed by atoms with Gasteiger partial charge in [0.1, 0.15) is 5.75 Å². The Balaban J connectivity index is 1.67. The van der Waals surface area contributed by atoms with Gasteiger partial charge in [-0.15, -0.1) is 0 Å². The van der Waals surface area contributed by atoms with Gasteiger partial charge >= 0.3 is 0 Å². The molecule has 0 aromatic heterocycles. The highest BCUT2D eigenvalue weighted by molar-refractivity contribution is 5.98. The molecule has 2 amide bonds. The van der Waals surface area contributed by atoms with Crippen LogP contribution in [0.3, 0.4) is 0 Å². The van der Waals surface area contributed by atoms with E-state index in [0.29, 0.717) is 24.2 Å². The topological polar surface area (TPSA) is 67.4 Å². The summed E-state index contributed by atoms with van der Waals surface area (Å²) in [5, 5.41) is 5.55. The molecule has 2 N–H and O–H groups in total. The summed E-state index contributed by atoms with van der Waals surface area (Å²) in [4.78, 5) is 24.2. The second-order valence-electron chi connectivity index (χ2n) is 5.35. The minimum absolute atomic E-state index is 0.159. The van der Waals surface area contributed by atoms with Crippen molar-refractivity contribution in [2.75, 3.05) is 11.9 Å². The average Bonchev–Trinajstić information content (AvgIpc) is 2.99. The summed E-state index contributed by atoms with van der Waals surface area (Å²) in [5.41, 5.74) is 2.13. The first-order valence-electron chi connectivity index (χ1n) is 7.61. The van der Waals surface area contributed by atoms with Gasteiger partial charge in [-0.1, -0.05) is 24.3 Å². The molecule has 0 saturated heterocycles. The number of nitrogens with one attached hydrogen (secondary N) is 2. The molecule has 0 fully saturated rings. The van der Waals surface area contributed by atoms with Gasteiger partial charge in [0.05, 0.1) is 0 Å². The Morgan fingerprint density at radius 3 is 2.78 bits per heavy atom. The van der Waals surface area contributed by atoms with E-state index in [0.717, 1.165) is 11.3 Å². The van der Waals surface area contributed by atoms with Crippen molar-refractivity contribution in [3.63, 3.8) is 0 Å². The zero-order valence-corrected chi connectivity index (χ0v) is 12.8. The normalized spacial score (nSPS) is 15.4. The summed E-state index contributed by atoms with van der Waals surface area (Å²) in [6.07, 6.45) is 0.0124. The van der Waals surface area contributed by atoms with Gasteiger partial charge in [0.25, 0.3) is 11.8 Å². The molecule has 118 valence electrons. The van der Waals surface area contributed by atoms with E-state index in [-0.39, 0.29) is 11.8 Å². The number of amides is 2. The molecule has 0 saturated carbocycles. The first-order chi connectivity index (χ1) is 11.2. The molecule has 1 atom stereocenters. The average molecular weight is 310 g/mol. The van der Waals surface area contributed by atoms with Crippen molar-refractivity contribution in [2.24, 2.45) is 0 Å². The summed E-state index contributed by atoms with van der Waals surface area (Å²) in [6, 6.07) is 14.5. The van der Waals surface area contributed by atoms with E-state index in [2.05, 4.69) is 10.6 Å². The van der Waals surface area contributed by atoms with Gasteiger partial charge < -0.3 is 15.4 Å². The van der Waals surface area contributed by atoms with Crippen molar-refractivity contribution in [3.05, 3.63) is 59.7 Å². The van der Waals surface area contributed by atoms with E-state index in [4.69, 9.17) is 4.74 Å². The number of ether oxygens (including phenoxy) is 1. The Bertz CT molecular complexity index is 718. The number of hydrogen-bond donors (Lipinski definition) is 2. The quantitative estimate of drug-likeness (QED) is 0.911. The van der Waals surface area contributed by atoms with Crippen molar-refractivity contribution < 1.29 is 14.3 Å². The molecule has 23 heavy (non-hydrogen) atoms. The number of benzene rings is 2. The van der Waals surface area contributed by atoms with Crippen LogP contribution in [0.15, 0.2) is 48.5 Å². The molecule has 5 heteroatoms. The molecule has 2 aromatic carbocycles. The molecule has 2 aromatic rings. The van der Waals surface area contributed by atoms with Crippen LogP contribution in [0.2, 0.25) is 0 Å². The highest BCUT2D eigenvalue weighted by Crippen LogP contribution is 2.28. The van der Waals surface area contributed by atoms with Gasteiger partial charge in [-0.05, 0) is 36.8 Å². The zero-order valence-electron chi connectivity index (χ0n) is 12.8. The Labute approximate surface area is 134 Å². The minimum Gasteiger partial charge on any atom is -0.480 e. The molecule has 1 unspecified atom stereocenters. The van der Waals surface area contributed by atoms with Gasteiger partial charge in [-0.25, -0.2) is 0 Å². The van der Waals surface area contributed by atoms with Crippen LogP contribution in [0, 0.1) is 0 Å². The SMILES string of the molecule is CCNC(=O)c1cccc(NC(=O)C2Cc3ccccc3O2)c1. The second kappa shape index (κ2) is 6.52. The first kappa shape index (κ1) is 15.1. The van der Waals surface area contributed by atoms with Crippen molar-refractivity contribution in [3.8, 4) is 5.75 Å². The smallest absolute Gasteiger partial charge is 0.265 e. The maximum Gasteiger partial charge on any atom is 0.265 e. The maximum atomic E-state index is 12.4. The number of carbonyl (C=O) groups excluding carboxylic acids is 2. The van der Waals surface area contributed by atoms with Crippen molar-refractivity contribution in [1.29, 1.82) is 0 Å². The van der Waals surface area contributed by atoms with E-state index in [1.807, 2.05) is 31.2 Å². The Hall–Kier alpha value is -2.82. The predicted octanol–water partition coefficient (Wildman–Crippen LogP) is 2.38. The largest absolute Gasteiger partial charge is 0.480 e. The summed E-state index contributed by atoms with van der Waals surface area (Å²) in [6.45, 7) is 2.42. The highest BCUT2D eigenvalue weighted by atomic mass is 16.5. The van der Waals surface area contributed by atoms with Crippen LogP contribution >= 0.6 is 0 Å². The molecule has 0 bridgehead atoms. The molecule has 5 nitrogen and oxygen atoms in total. The van der Waals surface area contributed by atoms with E-state index in [1.165, 1.54) is 0 Å². The van der Waals surface area contributed by atoms with Crippen LogP contribution in [0.4, 0.5) is 5.69 Å². The minimum atomic E-state index is -0.541. The lowest BCUT2D eigenvalue weighted by Crippen LogP contribution is -2.31. The molecule has 1 aliphatic rings. The monoisotopic (exact) mass is 310 g/mol. The summed E-state index contributed by atoms with van der Waals surface area (Å²) in [7, 11) is 0. The fourth-order valence-corrected chi connectivity index (χ4v) is 2.55. The molecular formula is C18H18N2O3. The number of carbonyl (C=O) groups is 2. The standard InChI is InChI=1S/C18H18N2O3/c1-2-19-17(21)13-7-5-8-14(10-13)20-18(22)16-11-12-6-3-4-9-15(12)23-16/h3-10,16H,2,11H2,1H3,(H,19,21)(H,20,22). The van der Waals surface area contributed by atoms with Gasteiger partial charge in [0, 0.05) is 24.2 Å². The third-order valence-electron chi connectivity index (χ3n) is 3.67. The van der Waals surface area contributed by atoms with Crippen LogP contribution in [-0.4, -0.2) is 24.5 Å². The van der Waals surface area contributed by atoms with Gasteiger partial charge in [0.2, 0.25) is 0 Å². The Morgan fingerprint density at radius 1 is 1.17 bits per heavy atom. The molecule has 0 aliphatic carbocycles. The third kappa shape index (κ3) is 3.34. The van der Waals surface area contributed by atoms with Gasteiger partial charge in [-0.3, -0.25) is 9.59 Å². The summed E-state index contributed by atoms with van der Waals surface area (Å²) in [5.74, 6) is 0.381. The van der Waals surface area contributed by atoms with Crippen LogP contribution in [0.25, 0.3) is 0 Å². The molecule has 0 radical (unpaired) electrons. The van der Waals surface area contributed by atoms with E-state index >= 15 is 0 Å². The summed E-state index contributed by atoms with van der Waals surface area (Å²) < 4.78 is 5.67. The van der Waals surface area contributed by atoms with Crippen LogP contribution in [0.5, 0.6) is 5.75 Å². The Kier molecular flexibility index (Phi) is 4.28. The van der Waals surface area contributed by atoms with Gasteiger partial charge in [-0.2, -0.15) is 0 Å². The Morgan fingerprint density at radius 2 is 2.00 bits per heavy atom. The lowest BCUT2D eigenvalue weighted by Gasteiger charge is -2.12. The predicted molar refractivity (Wildman–Crippen MR) is 87.6 cm³/mol. The molecule has 1 aliphatic heterocycles. The number of fused-ring (bicyclic) bond motifs is 1. The van der Waals surface area contributed by atoms with Crippen LogP contribution < -0.4 is 15.4 Å². The van der Waals surface area contributed by atoms with E-state index in [9.17, 15) is 9.59 Å².